The molecule has 0 spiro atoms. The van der Waals surface area contributed by atoms with E-state index in [1.807, 2.05) is 43.3 Å². The highest BCUT2D eigenvalue weighted by atomic mass is 16.5. The number of aromatic nitrogens is 3. The molecule has 0 bridgehead atoms. The Hall–Kier alpha value is -3.61. The first-order valence-corrected chi connectivity index (χ1v) is 9.14. The van der Waals surface area contributed by atoms with Gasteiger partial charge in [0.25, 0.3) is 0 Å². The lowest BCUT2D eigenvalue weighted by atomic mass is 10.1. The van der Waals surface area contributed by atoms with E-state index in [-0.39, 0.29) is 18.4 Å². The highest BCUT2D eigenvalue weighted by Gasteiger charge is 2.20. The summed E-state index contributed by atoms with van der Waals surface area (Å²) in [6.45, 7) is 2.05. The zero-order chi connectivity index (χ0) is 19.1. The summed E-state index contributed by atoms with van der Waals surface area (Å²) < 4.78 is 11.2. The van der Waals surface area contributed by atoms with Crippen molar-refractivity contribution in [3.05, 3.63) is 59.8 Å². The zero-order valence-electron chi connectivity index (χ0n) is 15.2. The Morgan fingerprint density at radius 1 is 1.25 bits per heavy atom. The van der Waals surface area contributed by atoms with Crippen LogP contribution in [-0.2, 0) is 17.6 Å². The molecule has 0 aliphatic carbocycles. The van der Waals surface area contributed by atoms with Crippen molar-refractivity contribution in [1.82, 2.24) is 15.1 Å². The average molecular weight is 374 g/mol. The Morgan fingerprint density at radius 3 is 3.04 bits per heavy atom. The maximum atomic E-state index is 12.3. The van der Waals surface area contributed by atoms with Crippen LogP contribution in [0.5, 0.6) is 5.75 Å². The fraction of sp³-hybridized carbons (Fsp3) is 0.190. The van der Waals surface area contributed by atoms with Gasteiger partial charge >= 0.3 is 0 Å². The molecule has 28 heavy (non-hydrogen) atoms. The summed E-state index contributed by atoms with van der Waals surface area (Å²) in [6, 6.07) is 15.3. The van der Waals surface area contributed by atoms with Crippen molar-refractivity contribution in [1.29, 1.82) is 0 Å². The van der Waals surface area contributed by atoms with E-state index in [1.165, 1.54) is 0 Å². The number of nitrogens with zero attached hydrogens (tertiary/aromatic N) is 2. The topological polar surface area (TPSA) is 93.0 Å². The Labute approximate surface area is 160 Å². The number of ether oxygens (including phenoxy) is 1. The highest BCUT2D eigenvalue weighted by molar-refractivity contribution is 5.92. The molecule has 7 heteroatoms. The second-order valence-corrected chi connectivity index (χ2v) is 6.97. The third-order valence-corrected chi connectivity index (χ3v) is 4.73. The van der Waals surface area contributed by atoms with Gasteiger partial charge in [0, 0.05) is 18.1 Å². The molecule has 1 aliphatic heterocycles. The summed E-state index contributed by atoms with van der Waals surface area (Å²) in [5.41, 5.74) is 4.32. The second-order valence-electron chi connectivity index (χ2n) is 6.97. The van der Waals surface area contributed by atoms with Crippen LogP contribution in [0, 0.1) is 0 Å². The van der Waals surface area contributed by atoms with Crippen LogP contribution >= 0.6 is 0 Å². The summed E-state index contributed by atoms with van der Waals surface area (Å²) in [6.07, 6.45) is 1.17. The van der Waals surface area contributed by atoms with Gasteiger partial charge in [-0.05, 0) is 42.8 Å². The first kappa shape index (κ1) is 16.6. The van der Waals surface area contributed by atoms with Crippen molar-refractivity contribution >= 4 is 22.9 Å². The number of H-pyrrole nitrogens is 1. The minimum absolute atomic E-state index is 0.103. The molecule has 0 fully saturated rings. The fourth-order valence-electron chi connectivity index (χ4n) is 3.46. The summed E-state index contributed by atoms with van der Waals surface area (Å²) >= 11 is 0. The molecule has 2 aromatic carbocycles. The van der Waals surface area contributed by atoms with Crippen LogP contribution in [-0.4, -0.2) is 27.1 Å². The SMILES string of the molecule is CC1Cc2cc(-c3cc(CC(=O)Nc4nc5ccccc5[nH]4)no3)ccc2O1. The first-order chi connectivity index (χ1) is 13.6. The number of hydrogen-bond donors (Lipinski definition) is 2. The van der Waals surface area contributed by atoms with Gasteiger partial charge in [-0.1, -0.05) is 17.3 Å². The number of rotatable bonds is 4. The van der Waals surface area contributed by atoms with Crippen molar-refractivity contribution in [2.24, 2.45) is 0 Å². The van der Waals surface area contributed by atoms with Crippen LogP contribution in [0.25, 0.3) is 22.4 Å². The van der Waals surface area contributed by atoms with Crippen LogP contribution < -0.4 is 10.1 Å². The van der Waals surface area contributed by atoms with Gasteiger partial charge in [-0.2, -0.15) is 0 Å². The molecule has 1 amide bonds. The number of benzene rings is 2. The quantitative estimate of drug-likeness (QED) is 0.568. The minimum Gasteiger partial charge on any atom is -0.490 e. The van der Waals surface area contributed by atoms with Crippen LogP contribution in [0.4, 0.5) is 5.95 Å². The Kier molecular flexibility index (Phi) is 3.86. The van der Waals surface area contributed by atoms with Crippen molar-refractivity contribution in [2.45, 2.75) is 25.9 Å². The molecule has 2 N–H and O–H groups in total. The van der Waals surface area contributed by atoms with Crippen molar-refractivity contribution < 1.29 is 14.1 Å². The van der Waals surface area contributed by atoms with Crippen molar-refractivity contribution in [2.75, 3.05) is 5.32 Å². The average Bonchev–Trinajstić information content (AvgIpc) is 3.37. The zero-order valence-corrected chi connectivity index (χ0v) is 15.2. The Balaban J connectivity index is 1.28. The molecule has 1 unspecified atom stereocenters. The number of carbonyl (C=O) groups excluding carboxylic acids is 1. The molecule has 5 rings (SSSR count). The van der Waals surface area contributed by atoms with Crippen LogP contribution in [0.3, 0.4) is 0 Å². The number of anilines is 1. The first-order valence-electron chi connectivity index (χ1n) is 9.14. The van der Waals surface area contributed by atoms with Gasteiger partial charge in [0.05, 0.1) is 23.1 Å². The van der Waals surface area contributed by atoms with Crippen LogP contribution in [0.1, 0.15) is 18.2 Å². The van der Waals surface area contributed by atoms with Gasteiger partial charge in [-0.25, -0.2) is 4.98 Å². The second kappa shape index (κ2) is 6.53. The number of nitrogens with one attached hydrogen (secondary N) is 2. The smallest absolute Gasteiger partial charge is 0.232 e. The lowest BCUT2D eigenvalue weighted by Crippen LogP contribution is -2.15. The summed E-state index contributed by atoms with van der Waals surface area (Å²) in [5.74, 6) is 1.76. The van der Waals surface area contributed by atoms with E-state index in [9.17, 15) is 4.79 Å². The molecule has 1 aliphatic rings. The third-order valence-electron chi connectivity index (χ3n) is 4.73. The van der Waals surface area contributed by atoms with Gasteiger partial charge in [-0.15, -0.1) is 0 Å². The summed E-state index contributed by atoms with van der Waals surface area (Å²) in [4.78, 5) is 19.7. The number of para-hydroxylation sites is 2. The molecule has 140 valence electrons. The molecular weight excluding hydrogens is 356 g/mol. The van der Waals surface area contributed by atoms with Crippen molar-refractivity contribution in [3.8, 4) is 17.1 Å². The number of amides is 1. The number of carbonyl (C=O) groups is 1. The van der Waals surface area contributed by atoms with E-state index < -0.39 is 0 Å². The van der Waals surface area contributed by atoms with Crippen LogP contribution in [0.15, 0.2) is 53.1 Å². The largest absolute Gasteiger partial charge is 0.490 e. The van der Waals surface area contributed by atoms with E-state index in [0.717, 1.165) is 34.3 Å². The molecule has 2 aromatic heterocycles. The molecule has 1 atom stereocenters. The lowest BCUT2D eigenvalue weighted by molar-refractivity contribution is -0.115. The molecule has 0 saturated carbocycles. The number of imidazole rings is 1. The maximum absolute atomic E-state index is 12.3. The third kappa shape index (κ3) is 3.11. The number of hydrogen-bond acceptors (Lipinski definition) is 5. The summed E-state index contributed by atoms with van der Waals surface area (Å²) in [5, 5.41) is 6.79. The van der Waals surface area contributed by atoms with Crippen molar-refractivity contribution in [3.63, 3.8) is 0 Å². The van der Waals surface area contributed by atoms with E-state index in [1.54, 1.807) is 6.07 Å². The van der Waals surface area contributed by atoms with Gasteiger partial charge < -0.3 is 14.2 Å². The highest BCUT2D eigenvalue weighted by Crippen LogP contribution is 2.33. The number of aromatic amines is 1. The Morgan fingerprint density at radius 2 is 2.14 bits per heavy atom. The molecule has 0 radical (unpaired) electrons. The normalized spacial score (nSPS) is 15.4. The van der Waals surface area contributed by atoms with E-state index >= 15 is 0 Å². The predicted octanol–water partition coefficient (Wildman–Crippen LogP) is 3.72. The van der Waals surface area contributed by atoms with E-state index in [4.69, 9.17) is 9.26 Å². The maximum Gasteiger partial charge on any atom is 0.232 e. The molecular formula is C21H18N4O3. The predicted molar refractivity (Wildman–Crippen MR) is 104 cm³/mol. The van der Waals surface area contributed by atoms with E-state index in [2.05, 4.69) is 26.5 Å². The van der Waals surface area contributed by atoms with Gasteiger partial charge in [0.15, 0.2) is 5.76 Å². The molecule has 4 aromatic rings. The standard InChI is InChI=1S/C21H18N4O3/c1-12-8-14-9-13(6-7-18(14)27-12)19-10-15(25-28-19)11-20(26)24-21-22-16-4-2-3-5-17(16)23-21/h2-7,9-10,12H,8,11H2,1H3,(H2,22,23,24,26). The number of fused-ring (bicyclic) bond motifs is 2. The van der Waals surface area contributed by atoms with Gasteiger partial charge in [0.1, 0.15) is 11.9 Å². The summed E-state index contributed by atoms with van der Waals surface area (Å²) in [7, 11) is 0. The monoisotopic (exact) mass is 374 g/mol. The van der Waals surface area contributed by atoms with Gasteiger partial charge in [-0.3, -0.25) is 10.1 Å². The van der Waals surface area contributed by atoms with Crippen LogP contribution in [0.2, 0.25) is 0 Å². The molecule has 7 nitrogen and oxygen atoms in total. The van der Waals surface area contributed by atoms with E-state index in [0.29, 0.717) is 17.4 Å². The lowest BCUT2D eigenvalue weighted by Gasteiger charge is -2.02. The minimum atomic E-state index is -0.213. The molecule has 3 heterocycles. The Bertz CT molecular complexity index is 1140. The molecule has 0 saturated heterocycles. The van der Waals surface area contributed by atoms with Gasteiger partial charge in [0.2, 0.25) is 11.9 Å². The fourth-order valence-corrected chi connectivity index (χ4v) is 3.46.